The Hall–Kier alpha value is -6.20. The number of piperidine rings is 1. The van der Waals surface area contributed by atoms with Crippen LogP contribution in [0.2, 0.25) is 0 Å². The Labute approximate surface area is 419 Å². The van der Waals surface area contributed by atoms with E-state index in [0.29, 0.717) is 80.8 Å². The zero-order chi connectivity index (χ0) is 50.9. The van der Waals surface area contributed by atoms with Gasteiger partial charge in [0, 0.05) is 37.8 Å². The summed E-state index contributed by atoms with van der Waals surface area (Å²) >= 11 is 0. The molecule has 7 rings (SSSR count). The number of amides is 2. The van der Waals surface area contributed by atoms with Crippen molar-refractivity contribution < 1.29 is 41.7 Å². The number of aromatic nitrogens is 4. The number of alkyl carbamates (subject to hydrolysis) is 1. The second-order valence-corrected chi connectivity index (χ2v) is 22.5. The number of likely N-dealkylation sites (tertiary alicyclic amines) is 1. The number of rotatable bonds is 17. The Morgan fingerprint density at radius 3 is 1.72 bits per heavy atom. The highest BCUT2D eigenvalue weighted by Gasteiger charge is 2.37. The summed E-state index contributed by atoms with van der Waals surface area (Å²) in [4.78, 5) is 29.3. The van der Waals surface area contributed by atoms with E-state index in [1.165, 1.54) is 9.10 Å². The van der Waals surface area contributed by atoms with Crippen molar-refractivity contribution in [2.75, 3.05) is 34.4 Å². The molecule has 2 aliphatic rings. The van der Waals surface area contributed by atoms with E-state index in [1.54, 1.807) is 26.2 Å². The molecule has 1 N–H and O–H groups in total. The third-order valence-corrected chi connectivity index (χ3v) is 15.0. The van der Waals surface area contributed by atoms with Gasteiger partial charge in [-0.25, -0.2) is 18.0 Å². The van der Waals surface area contributed by atoms with Crippen LogP contribution in [0.15, 0.2) is 89.8 Å². The number of carbonyl (C=O) groups excluding carboxylic acids is 2. The molecular formula is C54H71N7O9S. The molecule has 1 saturated heterocycles. The van der Waals surface area contributed by atoms with Crippen LogP contribution in [0.1, 0.15) is 120 Å². The van der Waals surface area contributed by atoms with E-state index in [9.17, 15) is 9.59 Å². The van der Waals surface area contributed by atoms with E-state index in [2.05, 4.69) is 21.7 Å². The van der Waals surface area contributed by atoms with E-state index >= 15 is 8.42 Å². The maximum atomic E-state index is 16.2. The van der Waals surface area contributed by atoms with Crippen molar-refractivity contribution in [3.63, 3.8) is 0 Å². The fourth-order valence-corrected chi connectivity index (χ4v) is 11.2. The summed E-state index contributed by atoms with van der Waals surface area (Å²) in [6.07, 6.45) is 4.55. The van der Waals surface area contributed by atoms with Crippen LogP contribution in [0.25, 0.3) is 11.4 Å². The van der Waals surface area contributed by atoms with Gasteiger partial charge in [-0.3, -0.25) is 0 Å². The average Bonchev–Trinajstić information content (AvgIpc) is 3.80. The Bertz CT molecular complexity index is 2610. The van der Waals surface area contributed by atoms with Crippen molar-refractivity contribution in [1.29, 1.82) is 0 Å². The van der Waals surface area contributed by atoms with Crippen LogP contribution in [0.3, 0.4) is 0 Å². The largest absolute Gasteiger partial charge is 0.497 e. The number of benzene rings is 4. The molecule has 2 heterocycles. The molecule has 4 aromatic carbocycles. The smallest absolute Gasteiger partial charge is 0.410 e. The second kappa shape index (κ2) is 22.9. The second-order valence-electron chi connectivity index (χ2n) is 20.6. The highest BCUT2D eigenvalue weighted by atomic mass is 32.2. The molecule has 71 heavy (non-hydrogen) atoms. The predicted octanol–water partition coefficient (Wildman–Crippen LogP) is 9.94. The van der Waals surface area contributed by atoms with Crippen LogP contribution in [0.4, 0.5) is 9.59 Å². The lowest BCUT2D eigenvalue weighted by molar-refractivity contribution is 0.0181. The lowest BCUT2D eigenvalue weighted by Crippen LogP contribution is -2.41. The number of nitrogens with one attached hydrogen (secondary N) is 1. The number of tetrazole rings is 1. The average molecular weight is 994 g/mol. The molecule has 0 spiro atoms. The number of nitrogens with zero attached hydrogens (tertiary/aromatic N) is 6. The summed E-state index contributed by atoms with van der Waals surface area (Å²) in [5.41, 5.74) is 3.13. The summed E-state index contributed by atoms with van der Waals surface area (Å²) in [5, 5.41) is 17.2. The van der Waals surface area contributed by atoms with Gasteiger partial charge in [-0.1, -0.05) is 48.5 Å². The van der Waals surface area contributed by atoms with Gasteiger partial charge in [0.15, 0.2) is 0 Å². The lowest BCUT2D eigenvalue weighted by atomic mass is 9.79. The molecule has 0 radical (unpaired) electrons. The third-order valence-electron chi connectivity index (χ3n) is 13.0. The maximum absolute atomic E-state index is 16.2. The number of aryl methyl sites for hydroxylation is 1. The molecule has 1 saturated carbocycles. The van der Waals surface area contributed by atoms with Crippen LogP contribution in [0, 0.1) is 5.92 Å². The van der Waals surface area contributed by atoms with Crippen molar-refractivity contribution in [1.82, 2.24) is 34.7 Å². The van der Waals surface area contributed by atoms with Crippen molar-refractivity contribution in [2.24, 2.45) is 5.92 Å². The number of sulfonamides is 1. The molecule has 1 aromatic heterocycles. The molecule has 0 bridgehead atoms. The van der Waals surface area contributed by atoms with Crippen molar-refractivity contribution in [3.05, 3.63) is 113 Å². The molecule has 0 unspecified atom stereocenters. The van der Waals surface area contributed by atoms with Gasteiger partial charge < -0.3 is 33.9 Å². The third kappa shape index (κ3) is 14.2. The zero-order valence-electron chi connectivity index (χ0n) is 42.8. The SMILES string of the molecule is COc1ccc(CN(Cc2ccc(OC)cc2)S(=O)(=O)c2c(CCC3CCN(C(=O)OC(C)(C)C)CC3)ccc(C3CCC(NC(=O)OC(C)(C)C)CC3)c2-c2nnn(Cc3ccc(OC)cc3)n2)cc1. The van der Waals surface area contributed by atoms with Crippen LogP contribution in [-0.2, 0) is 45.6 Å². The van der Waals surface area contributed by atoms with E-state index in [-0.39, 0.29) is 47.8 Å². The topological polar surface area (TPSA) is 177 Å². The van der Waals surface area contributed by atoms with Crippen LogP contribution in [-0.4, -0.2) is 102 Å². The van der Waals surface area contributed by atoms with Gasteiger partial charge in [-0.15, -0.1) is 10.2 Å². The molecular weight excluding hydrogens is 923 g/mol. The number of carbonyl (C=O) groups is 2. The van der Waals surface area contributed by atoms with E-state index in [1.807, 2.05) is 120 Å². The standard InChI is InChI=1S/C54H71N7O9S/c1-53(2,3)69-51(62)55-43-21-18-41(19-22-43)47-29-20-42(17-10-37-30-32-59(33-31-37)52(63)70-54(4,5)6)49(48(47)50-56-58-61(57-50)36-40-15-27-46(68-9)28-16-40)71(64,65)60(34-38-11-23-44(66-7)24-12-38)35-39-13-25-45(67-8)26-14-39/h11-16,20,23-29,37,41,43H,10,17-19,21-22,30-36H2,1-9H3,(H,55,62). The number of ether oxygens (including phenoxy) is 5. The monoisotopic (exact) mass is 994 g/mol. The Morgan fingerprint density at radius 1 is 0.690 bits per heavy atom. The zero-order valence-corrected chi connectivity index (χ0v) is 43.6. The van der Waals surface area contributed by atoms with Crippen LogP contribution < -0.4 is 19.5 Å². The molecule has 0 atom stereocenters. The normalized spacial score (nSPS) is 16.9. The minimum Gasteiger partial charge on any atom is -0.497 e. The first-order valence-electron chi connectivity index (χ1n) is 24.6. The van der Waals surface area contributed by atoms with Crippen LogP contribution in [0.5, 0.6) is 17.2 Å². The van der Waals surface area contributed by atoms with Crippen molar-refractivity contribution in [2.45, 2.75) is 141 Å². The van der Waals surface area contributed by atoms with Crippen molar-refractivity contribution >= 4 is 22.2 Å². The number of methoxy groups -OCH3 is 3. The minimum atomic E-state index is -4.39. The molecule has 1 aliphatic carbocycles. The molecule has 1 aliphatic heterocycles. The molecule has 2 amide bonds. The quantitative estimate of drug-likeness (QED) is 0.0935. The highest BCUT2D eigenvalue weighted by Crippen LogP contribution is 2.43. The predicted molar refractivity (Wildman–Crippen MR) is 271 cm³/mol. The van der Waals surface area contributed by atoms with E-state index in [4.69, 9.17) is 28.8 Å². The Kier molecular flexibility index (Phi) is 17.0. The number of hydrogen-bond donors (Lipinski definition) is 1. The first-order valence-corrected chi connectivity index (χ1v) is 26.0. The highest BCUT2D eigenvalue weighted by molar-refractivity contribution is 7.89. The van der Waals surface area contributed by atoms with Gasteiger partial charge >= 0.3 is 12.2 Å². The van der Waals surface area contributed by atoms with Gasteiger partial charge in [0.1, 0.15) is 28.5 Å². The van der Waals surface area contributed by atoms with Gasteiger partial charge in [-0.05, 0) is 174 Å². The summed E-state index contributed by atoms with van der Waals surface area (Å²) in [7, 11) is 0.419. The first-order chi connectivity index (χ1) is 33.8. The first kappa shape index (κ1) is 52.6. The fraction of sp³-hybridized carbons (Fsp3) is 0.500. The molecule has 5 aromatic rings. The Morgan fingerprint density at radius 2 is 1.21 bits per heavy atom. The van der Waals surface area contributed by atoms with Gasteiger partial charge in [0.25, 0.3) is 0 Å². The summed E-state index contributed by atoms with van der Waals surface area (Å²) in [6, 6.07) is 26.4. The molecule has 17 heteroatoms. The minimum absolute atomic E-state index is 0.0591. The molecule has 2 fully saturated rings. The molecule has 382 valence electrons. The van der Waals surface area contributed by atoms with E-state index < -0.39 is 27.3 Å². The van der Waals surface area contributed by atoms with Gasteiger partial charge in [0.2, 0.25) is 15.8 Å². The number of hydrogen-bond acceptors (Lipinski definition) is 12. The molecule has 16 nitrogen and oxygen atoms in total. The van der Waals surface area contributed by atoms with Crippen molar-refractivity contribution in [3.8, 4) is 28.6 Å². The summed E-state index contributed by atoms with van der Waals surface area (Å²) in [5.74, 6) is 2.39. The van der Waals surface area contributed by atoms with E-state index in [0.717, 1.165) is 40.8 Å². The Balaban J connectivity index is 1.32. The fourth-order valence-electron chi connectivity index (χ4n) is 9.35. The summed E-state index contributed by atoms with van der Waals surface area (Å²) < 4.78 is 61.6. The maximum Gasteiger partial charge on any atom is 0.410 e. The van der Waals surface area contributed by atoms with Gasteiger partial charge in [-0.2, -0.15) is 9.10 Å². The van der Waals surface area contributed by atoms with Gasteiger partial charge in [0.05, 0.1) is 32.8 Å². The summed E-state index contributed by atoms with van der Waals surface area (Å²) in [6.45, 7) is 12.6. The lowest BCUT2D eigenvalue weighted by Gasteiger charge is -2.34. The van der Waals surface area contributed by atoms with Crippen LogP contribution >= 0.6 is 0 Å².